The van der Waals surface area contributed by atoms with Crippen molar-refractivity contribution in [2.75, 3.05) is 22.5 Å². The molecular formula is C25H24N6O2S. The number of amides is 2. The minimum absolute atomic E-state index is 0.103. The molecule has 1 aliphatic heterocycles. The molecule has 0 spiro atoms. The highest BCUT2D eigenvalue weighted by atomic mass is 32.2. The van der Waals surface area contributed by atoms with Crippen molar-refractivity contribution in [2.45, 2.75) is 36.9 Å². The van der Waals surface area contributed by atoms with E-state index < -0.39 is 0 Å². The van der Waals surface area contributed by atoms with Crippen LogP contribution in [0.1, 0.15) is 31.7 Å². The molecular weight excluding hydrogens is 448 g/mol. The molecule has 2 amide bonds. The molecule has 2 fully saturated rings. The molecule has 2 N–H and O–H groups in total. The number of H-pyrrole nitrogens is 1. The molecule has 2 aromatic heterocycles. The quantitative estimate of drug-likeness (QED) is 0.383. The Kier molecular flexibility index (Phi) is 5.33. The molecule has 1 saturated carbocycles. The molecule has 34 heavy (non-hydrogen) atoms. The molecule has 4 aromatic rings. The molecule has 0 unspecified atom stereocenters. The zero-order chi connectivity index (χ0) is 23.1. The second-order valence-corrected chi connectivity index (χ2v) is 9.63. The fourth-order valence-corrected chi connectivity index (χ4v) is 5.26. The van der Waals surface area contributed by atoms with Crippen LogP contribution in [0.25, 0.3) is 22.3 Å². The van der Waals surface area contributed by atoms with Gasteiger partial charge in [-0.05, 0) is 49.6 Å². The van der Waals surface area contributed by atoms with Crippen molar-refractivity contribution < 1.29 is 9.59 Å². The summed E-state index contributed by atoms with van der Waals surface area (Å²) < 4.78 is 2.18. The number of nitrogens with zero attached hydrogens (tertiary/aromatic N) is 4. The number of aromatic nitrogens is 4. The lowest BCUT2D eigenvalue weighted by molar-refractivity contribution is -0.117. The van der Waals surface area contributed by atoms with E-state index in [1.165, 1.54) is 11.8 Å². The number of nitrogens with one attached hydrogen (secondary N) is 2. The monoisotopic (exact) mass is 472 g/mol. The Hall–Kier alpha value is -3.59. The van der Waals surface area contributed by atoms with Gasteiger partial charge in [-0.2, -0.15) is 0 Å². The lowest BCUT2D eigenvalue weighted by Gasteiger charge is -2.16. The van der Waals surface area contributed by atoms with Gasteiger partial charge in [-0.25, -0.2) is 0 Å². The first kappa shape index (κ1) is 21.0. The molecule has 0 bridgehead atoms. The largest absolute Gasteiger partial charge is 0.360 e. The maximum Gasteiger partial charge on any atom is 0.234 e. The average Bonchev–Trinajstić information content (AvgIpc) is 3.25. The third-order valence-electron chi connectivity index (χ3n) is 6.28. The fraction of sp³-hybridized carbons (Fsp3) is 0.280. The van der Waals surface area contributed by atoms with Crippen molar-refractivity contribution >= 4 is 45.9 Å². The lowest BCUT2D eigenvalue weighted by atomic mass is 10.1. The number of thioether (sulfide) groups is 1. The maximum absolute atomic E-state index is 12.6. The summed E-state index contributed by atoms with van der Waals surface area (Å²) in [6, 6.07) is 16.0. The van der Waals surface area contributed by atoms with Crippen LogP contribution in [0, 0.1) is 0 Å². The number of benzene rings is 2. The van der Waals surface area contributed by atoms with Crippen LogP contribution in [-0.4, -0.2) is 43.9 Å². The molecule has 1 aliphatic carbocycles. The summed E-state index contributed by atoms with van der Waals surface area (Å²) in [6.45, 7) is 0.753. The molecule has 3 heterocycles. The number of hydrogen-bond donors (Lipinski definition) is 2. The van der Waals surface area contributed by atoms with Crippen LogP contribution < -0.4 is 10.2 Å². The Morgan fingerprint density at radius 2 is 1.94 bits per heavy atom. The van der Waals surface area contributed by atoms with Crippen LogP contribution in [-0.2, 0) is 9.59 Å². The van der Waals surface area contributed by atoms with Gasteiger partial charge >= 0.3 is 0 Å². The zero-order valence-electron chi connectivity index (χ0n) is 18.5. The SMILES string of the molecule is O=C(CSc1nnc(-c2c[nH]c3ccccc23)n1C1CC1)Nc1ccc(N2CCCC2=O)cc1. The Balaban J connectivity index is 1.14. The molecule has 0 atom stereocenters. The predicted octanol–water partition coefficient (Wildman–Crippen LogP) is 4.62. The highest BCUT2D eigenvalue weighted by Crippen LogP contribution is 2.42. The topological polar surface area (TPSA) is 95.9 Å². The molecule has 6 rings (SSSR count). The van der Waals surface area contributed by atoms with Gasteiger partial charge in [0.1, 0.15) is 0 Å². The van der Waals surface area contributed by atoms with Crippen molar-refractivity contribution in [3.8, 4) is 11.4 Å². The van der Waals surface area contributed by atoms with Crippen LogP contribution in [0.4, 0.5) is 11.4 Å². The molecule has 1 saturated heterocycles. The number of anilines is 2. The van der Waals surface area contributed by atoms with Gasteiger partial charge in [-0.15, -0.1) is 10.2 Å². The number of aromatic amines is 1. The summed E-state index contributed by atoms with van der Waals surface area (Å²) in [6.07, 6.45) is 5.66. The van der Waals surface area contributed by atoms with E-state index in [-0.39, 0.29) is 17.6 Å². The number of rotatable bonds is 7. The van der Waals surface area contributed by atoms with Gasteiger partial charge in [0.2, 0.25) is 11.8 Å². The van der Waals surface area contributed by atoms with Crippen LogP contribution in [0.2, 0.25) is 0 Å². The number of carbonyl (C=O) groups is 2. The minimum Gasteiger partial charge on any atom is -0.360 e. The van der Waals surface area contributed by atoms with Gasteiger partial charge in [-0.3, -0.25) is 14.2 Å². The summed E-state index contributed by atoms with van der Waals surface area (Å²) in [5, 5.41) is 13.7. The van der Waals surface area contributed by atoms with E-state index >= 15 is 0 Å². The van der Waals surface area contributed by atoms with Crippen molar-refractivity contribution in [3.05, 3.63) is 54.7 Å². The molecule has 2 aliphatic rings. The standard InChI is InChI=1S/C25H24N6O2S/c32-22(27-16-7-9-17(10-8-16)30-13-3-6-23(30)33)15-34-25-29-28-24(31(25)18-11-12-18)20-14-26-21-5-2-1-4-19(20)21/h1-2,4-5,7-10,14,18,26H,3,6,11-13,15H2,(H,27,32). The molecule has 0 radical (unpaired) electrons. The number of fused-ring (bicyclic) bond motifs is 1. The number of carbonyl (C=O) groups excluding carboxylic acids is 2. The minimum atomic E-state index is -0.103. The van der Waals surface area contributed by atoms with Crippen LogP contribution >= 0.6 is 11.8 Å². The van der Waals surface area contributed by atoms with Gasteiger partial charge in [0.25, 0.3) is 0 Å². The predicted molar refractivity (Wildman–Crippen MR) is 133 cm³/mol. The van der Waals surface area contributed by atoms with E-state index in [1.54, 1.807) is 4.90 Å². The molecule has 9 heteroatoms. The summed E-state index contributed by atoms with van der Waals surface area (Å²) >= 11 is 1.40. The van der Waals surface area contributed by atoms with Gasteiger partial charge in [0, 0.05) is 53.0 Å². The van der Waals surface area contributed by atoms with Gasteiger partial charge < -0.3 is 15.2 Å². The normalized spacial score (nSPS) is 15.9. The van der Waals surface area contributed by atoms with E-state index in [4.69, 9.17) is 0 Å². The van der Waals surface area contributed by atoms with E-state index in [0.717, 1.165) is 58.9 Å². The zero-order valence-corrected chi connectivity index (χ0v) is 19.3. The molecule has 2 aromatic carbocycles. The summed E-state index contributed by atoms with van der Waals surface area (Å²) in [7, 11) is 0. The van der Waals surface area contributed by atoms with E-state index in [1.807, 2.05) is 48.7 Å². The number of hydrogen-bond acceptors (Lipinski definition) is 5. The summed E-state index contributed by atoms with van der Waals surface area (Å²) in [5.41, 5.74) is 3.68. The highest BCUT2D eigenvalue weighted by molar-refractivity contribution is 7.99. The van der Waals surface area contributed by atoms with Gasteiger partial charge in [0.15, 0.2) is 11.0 Å². The Morgan fingerprint density at radius 1 is 1.12 bits per heavy atom. The fourth-order valence-electron chi connectivity index (χ4n) is 4.45. The number of para-hydroxylation sites is 1. The van der Waals surface area contributed by atoms with Crippen molar-refractivity contribution in [1.29, 1.82) is 0 Å². The Labute approximate surface area is 200 Å². The summed E-state index contributed by atoms with van der Waals surface area (Å²) in [5.74, 6) is 1.13. The van der Waals surface area contributed by atoms with Crippen LogP contribution in [0.15, 0.2) is 59.9 Å². The maximum atomic E-state index is 12.6. The van der Waals surface area contributed by atoms with Crippen molar-refractivity contribution in [3.63, 3.8) is 0 Å². The second-order valence-electron chi connectivity index (χ2n) is 8.69. The molecule has 172 valence electrons. The van der Waals surface area contributed by atoms with E-state index in [0.29, 0.717) is 18.2 Å². The van der Waals surface area contributed by atoms with Gasteiger partial charge in [-0.1, -0.05) is 30.0 Å². The van der Waals surface area contributed by atoms with Gasteiger partial charge in [0.05, 0.1) is 5.75 Å². The Morgan fingerprint density at radius 3 is 2.71 bits per heavy atom. The third-order valence-corrected chi connectivity index (χ3v) is 7.22. The first-order chi connectivity index (χ1) is 16.7. The highest BCUT2D eigenvalue weighted by Gasteiger charge is 2.31. The first-order valence-electron chi connectivity index (χ1n) is 11.5. The smallest absolute Gasteiger partial charge is 0.234 e. The third kappa shape index (κ3) is 3.96. The molecule has 8 nitrogen and oxygen atoms in total. The van der Waals surface area contributed by atoms with Crippen molar-refractivity contribution in [1.82, 2.24) is 19.7 Å². The van der Waals surface area contributed by atoms with Crippen molar-refractivity contribution in [2.24, 2.45) is 0 Å². The lowest BCUT2D eigenvalue weighted by Crippen LogP contribution is -2.23. The van der Waals surface area contributed by atoms with E-state index in [9.17, 15) is 9.59 Å². The average molecular weight is 473 g/mol. The first-order valence-corrected chi connectivity index (χ1v) is 12.5. The van der Waals surface area contributed by atoms with Crippen LogP contribution in [0.3, 0.4) is 0 Å². The second kappa shape index (κ2) is 8.64. The summed E-state index contributed by atoms with van der Waals surface area (Å²) in [4.78, 5) is 29.6. The van der Waals surface area contributed by atoms with E-state index in [2.05, 4.69) is 31.1 Å². The Bertz CT molecular complexity index is 1370. The van der Waals surface area contributed by atoms with Crippen LogP contribution in [0.5, 0.6) is 0 Å².